The molecule has 1 aliphatic carbocycles. The molecule has 0 spiro atoms. The summed E-state index contributed by atoms with van der Waals surface area (Å²) >= 11 is 0. The van der Waals surface area contributed by atoms with E-state index in [1.807, 2.05) is 43.3 Å². The molecule has 0 radical (unpaired) electrons. The fourth-order valence-electron chi connectivity index (χ4n) is 2.41. The Labute approximate surface area is 129 Å². The topological polar surface area (TPSA) is 54.6 Å². The van der Waals surface area contributed by atoms with Crippen molar-refractivity contribution < 1.29 is 9.21 Å². The Balaban J connectivity index is 1.51. The van der Waals surface area contributed by atoms with Crippen molar-refractivity contribution in [3.05, 3.63) is 66.1 Å². The van der Waals surface area contributed by atoms with Crippen LogP contribution in [0.1, 0.15) is 30.6 Å². The third-order valence-electron chi connectivity index (χ3n) is 3.73. The number of amides is 1. The molecule has 1 heterocycles. The van der Waals surface area contributed by atoms with E-state index in [0.29, 0.717) is 5.92 Å². The average Bonchev–Trinajstić information content (AvgIpc) is 3.19. The zero-order chi connectivity index (χ0) is 15.4. The Morgan fingerprint density at radius 1 is 1.27 bits per heavy atom. The van der Waals surface area contributed by atoms with Crippen molar-refractivity contribution in [3.63, 3.8) is 0 Å². The van der Waals surface area contributed by atoms with Gasteiger partial charge in [-0.1, -0.05) is 30.3 Å². The predicted molar refractivity (Wildman–Crippen MR) is 86.3 cm³/mol. The lowest BCUT2D eigenvalue weighted by molar-refractivity contribution is -0.122. The summed E-state index contributed by atoms with van der Waals surface area (Å²) in [5.41, 5.74) is 4.59. The molecule has 4 nitrogen and oxygen atoms in total. The van der Waals surface area contributed by atoms with Crippen LogP contribution < -0.4 is 5.43 Å². The quantitative estimate of drug-likeness (QED) is 0.677. The third-order valence-corrected chi connectivity index (χ3v) is 3.73. The maximum atomic E-state index is 12.1. The number of furan rings is 1. The van der Waals surface area contributed by atoms with Gasteiger partial charge in [0, 0.05) is 5.92 Å². The first-order chi connectivity index (χ1) is 10.7. The maximum Gasteiger partial charge on any atom is 0.243 e. The van der Waals surface area contributed by atoms with E-state index in [4.69, 9.17) is 4.42 Å². The predicted octanol–water partition coefficient (Wildman–Crippen LogP) is 3.59. The average molecular weight is 294 g/mol. The van der Waals surface area contributed by atoms with Gasteiger partial charge in [-0.2, -0.15) is 5.10 Å². The van der Waals surface area contributed by atoms with Crippen LogP contribution in [0.3, 0.4) is 0 Å². The number of hydrogen-bond acceptors (Lipinski definition) is 3. The van der Waals surface area contributed by atoms with E-state index in [2.05, 4.69) is 22.7 Å². The van der Waals surface area contributed by atoms with Crippen LogP contribution >= 0.6 is 0 Å². The highest BCUT2D eigenvalue weighted by Crippen LogP contribution is 2.47. The lowest BCUT2D eigenvalue weighted by atomic mass is 10.1. The van der Waals surface area contributed by atoms with Gasteiger partial charge in [0.05, 0.1) is 12.0 Å². The number of nitrogens with one attached hydrogen (secondary N) is 1. The highest BCUT2D eigenvalue weighted by molar-refractivity contribution is 5.97. The molecule has 3 rings (SSSR count). The van der Waals surface area contributed by atoms with Crippen LogP contribution in [0.2, 0.25) is 0 Å². The molecule has 1 fully saturated rings. The number of carbonyl (C=O) groups excluding carboxylic acids is 1. The van der Waals surface area contributed by atoms with E-state index in [-0.39, 0.29) is 11.8 Å². The number of benzene rings is 1. The summed E-state index contributed by atoms with van der Waals surface area (Å²) in [6.45, 7) is 1.83. The molecule has 2 aromatic rings. The fourth-order valence-corrected chi connectivity index (χ4v) is 2.41. The third kappa shape index (κ3) is 3.52. The van der Waals surface area contributed by atoms with E-state index in [0.717, 1.165) is 17.9 Å². The zero-order valence-corrected chi connectivity index (χ0v) is 12.4. The summed E-state index contributed by atoms with van der Waals surface area (Å²) in [4.78, 5) is 12.1. The van der Waals surface area contributed by atoms with Gasteiger partial charge < -0.3 is 4.42 Å². The highest BCUT2D eigenvalue weighted by atomic mass is 16.3. The number of nitrogens with zero attached hydrogens (tertiary/aromatic N) is 1. The molecule has 22 heavy (non-hydrogen) atoms. The second-order valence-corrected chi connectivity index (χ2v) is 5.44. The monoisotopic (exact) mass is 294 g/mol. The molecule has 1 aliphatic rings. The van der Waals surface area contributed by atoms with Crippen molar-refractivity contribution >= 4 is 17.7 Å². The van der Waals surface area contributed by atoms with Crippen LogP contribution in [0.15, 0.2) is 64.3 Å². The van der Waals surface area contributed by atoms with Gasteiger partial charge in [0.2, 0.25) is 5.91 Å². The number of rotatable bonds is 5. The van der Waals surface area contributed by atoms with Gasteiger partial charge in [-0.3, -0.25) is 4.79 Å². The Kier molecular flexibility index (Phi) is 4.19. The first-order valence-electron chi connectivity index (χ1n) is 7.35. The summed E-state index contributed by atoms with van der Waals surface area (Å²) in [6.07, 6.45) is 6.13. The molecule has 1 aromatic carbocycles. The van der Waals surface area contributed by atoms with E-state index < -0.39 is 0 Å². The lowest BCUT2D eigenvalue weighted by Gasteiger charge is -2.00. The molecule has 0 aliphatic heterocycles. The van der Waals surface area contributed by atoms with Gasteiger partial charge in [0.1, 0.15) is 5.76 Å². The Hall–Kier alpha value is -2.62. The minimum Gasteiger partial charge on any atom is -0.465 e. The largest absolute Gasteiger partial charge is 0.465 e. The minimum atomic E-state index is -0.0143. The molecular formula is C18H18N2O2. The van der Waals surface area contributed by atoms with Crippen LogP contribution in [-0.4, -0.2) is 11.6 Å². The van der Waals surface area contributed by atoms with Crippen molar-refractivity contribution in [2.75, 3.05) is 0 Å². The molecule has 1 saturated carbocycles. The van der Waals surface area contributed by atoms with E-state index in [1.54, 1.807) is 12.3 Å². The summed E-state index contributed by atoms with van der Waals surface area (Å²) in [5.74, 6) is 1.11. The first-order valence-corrected chi connectivity index (χ1v) is 7.35. The molecule has 0 saturated heterocycles. The Morgan fingerprint density at radius 3 is 2.82 bits per heavy atom. The lowest BCUT2D eigenvalue weighted by Crippen LogP contribution is -2.21. The maximum absolute atomic E-state index is 12.1. The number of hydrazone groups is 1. The number of allylic oxidation sites excluding steroid dienone is 1. The second-order valence-electron chi connectivity index (χ2n) is 5.44. The van der Waals surface area contributed by atoms with Crippen molar-refractivity contribution in [3.8, 4) is 0 Å². The minimum absolute atomic E-state index is 0.0143. The van der Waals surface area contributed by atoms with Crippen molar-refractivity contribution in [1.82, 2.24) is 5.43 Å². The molecule has 2 unspecified atom stereocenters. The van der Waals surface area contributed by atoms with E-state index >= 15 is 0 Å². The summed E-state index contributed by atoms with van der Waals surface area (Å²) < 4.78 is 5.19. The van der Waals surface area contributed by atoms with Crippen LogP contribution in [0.5, 0.6) is 0 Å². The molecule has 112 valence electrons. The van der Waals surface area contributed by atoms with Crippen molar-refractivity contribution in [2.24, 2.45) is 11.0 Å². The Bertz CT molecular complexity index is 687. The van der Waals surface area contributed by atoms with Crippen LogP contribution in [0.4, 0.5) is 0 Å². The van der Waals surface area contributed by atoms with Crippen molar-refractivity contribution in [2.45, 2.75) is 19.3 Å². The van der Waals surface area contributed by atoms with E-state index in [9.17, 15) is 4.79 Å². The van der Waals surface area contributed by atoms with Gasteiger partial charge in [0.25, 0.3) is 0 Å². The van der Waals surface area contributed by atoms with Gasteiger partial charge in [-0.15, -0.1) is 0 Å². The van der Waals surface area contributed by atoms with Gasteiger partial charge in [0.15, 0.2) is 0 Å². The number of carbonyl (C=O) groups is 1. The van der Waals surface area contributed by atoms with Gasteiger partial charge >= 0.3 is 0 Å². The SMILES string of the molecule is CC(/C=C/c1ccco1)=N\NC(=O)C1CC1c1ccccc1. The van der Waals surface area contributed by atoms with Crippen molar-refractivity contribution in [1.29, 1.82) is 0 Å². The van der Waals surface area contributed by atoms with Crippen LogP contribution in [0, 0.1) is 5.92 Å². The molecular weight excluding hydrogens is 276 g/mol. The molecule has 1 N–H and O–H groups in total. The molecule has 2 atom stereocenters. The summed E-state index contributed by atoms with van der Waals surface area (Å²) in [7, 11) is 0. The molecule has 1 amide bonds. The van der Waals surface area contributed by atoms with Gasteiger partial charge in [-0.25, -0.2) is 5.43 Å². The van der Waals surface area contributed by atoms with Crippen LogP contribution in [0.25, 0.3) is 6.08 Å². The van der Waals surface area contributed by atoms with E-state index in [1.165, 1.54) is 5.56 Å². The normalized spacial score (nSPS) is 21.0. The number of hydrogen-bond donors (Lipinski definition) is 1. The summed E-state index contributed by atoms with van der Waals surface area (Å²) in [5, 5.41) is 4.10. The first kappa shape index (κ1) is 14.3. The second kappa shape index (κ2) is 6.43. The molecule has 0 bridgehead atoms. The zero-order valence-electron chi connectivity index (χ0n) is 12.4. The standard InChI is InChI=1S/C18H18N2O2/c1-13(9-10-15-8-5-11-22-15)19-20-18(21)17-12-16(17)14-6-3-2-4-7-14/h2-11,16-17H,12H2,1H3,(H,20,21)/b10-9+,19-13+. The Morgan fingerprint density at radius 2 is 2.09 bits per heavy atom. The van der Waals surface area contributed by atoms with Crippen LogP contribution in [-0.2, 0) is 4.79 Å². The van der Waals surface area contributed by atoms with Gasteiger partial charge in [-0.05, 0) is 49.1 Å². The summed E-state index contributed by atoms with van der Waals surface area (Å²) in [6, 6.07) is 13.8. The molecule has 1 aromatic heterocycles. The fraction of sp³-hybridized carbons (Fsp3) is 0.222. The highest BCUT2D eigenvalue weighted by Gasteiger charge is 2.43. The smallest absolute Gasteiger partial charge is 0.243 e. The molecule has 4 heteroatoms.